The summed E-state index contributed by atoms with van der Waals surface area (Å²) in [6.07, 6.45) is 0. The molecule has 0 radical (unpaired) electrons. The number of likely N-dealkylation sites (N-methyl/N-ethyl adjacent to an activating group) is 1. The molecule has 18 heavy (non-hydrogen) atoms. The van der Waals surface area contributed by atoms with E-state index < -0.39 is 6.04 Å². The molecule has 1 atom stereocenters. The standard InChI is InChI=1S/C13H15N3O2/c1-8(12(17)15-2)16-11(14)7-9-5-3-4-6-10(9)13(16)18/h3-8H,14H2,1-2H3,(H,15,17). The summed E-state index contributed by atoms with van der Waals surface area (Å²) in [6, 6.07) is 8.25. The number of benzene rings is 1. The SMILES string of the molecule is CNC(=O)C(C)n1c(N)cc2ccccc2c1=O. The van der Waals surface area contributed by atoms with Crippen molar-refractivity contribution >= 4 is 22.5 Å². The van der Waals surface area contributed by atoms with Crippen LogP contribution in [0.3, 0.4) is 0 Å². The van der Waals surface area contributed by atoms with Crippen molar-refractivity contribution in [2.45, 2.75) is 13.0 Å². The summed E-state index contributed by atoms with van der Waals surface area (Å²) in [5, 5.41) is 3.85. The fourth-order valence-electron chi connectivity index (χ4n) is 2.02. The summed E-state index contributed by atoms with van der Waals surface area (Å²) < 4.78 is 1.31. The number of rotatable bonds is 2. The molecule has 1 aromatic heterocycles. The van der Waals surface area contributed by atoms with Gasteiger partial charge in [0.05, 0.1) is 0 Å². The van der Waals surface area contributed by atoms with Gasteiger partial charge < -0.3 is 11.1 Å². The predicted octanol–water partition coefficient (Wildman–Crippen LogP) is 0.891. The number of aromatic nitrogens is 1. The molecule has 0 aliphatic carbocycles. The van der Waals surface area contributed by atoms with Crippen molar-refractivity contribution in [2.75, 3.05) is 12.8 Å². The Hall–Kier alpha value is -2.30. The van der Waals surface area contributed by atoms with E-state index in [1.54, 1.807) is 25.1 Å². The fourth-order valence-corrected chi connectivity index (χ4v) is 2.02. The molecule has 2 aromatic rings. The largest absolute Gasteiger partial charge is 0.385 e. The summed E-state index contributed by atoms with van der Waals surface area (Å²) in [7, 11) is 1.53. The molecule has 0 bridgehead atoms. The van der Waals surface area contributed by atoms with E-state index in [9.17, 15) is 9.59 Å². The van der Waals surface area contributed by atoms with Gasteiger partial charge in [0.25, 0.3) is 5.56 Å². The van der Waals surface area contributed by atoms with Crippen molar-refractivity contribution in [3.05, 3.63) is 40.7 Å². The number of nitrogens with one attached hydrogen (secondary N) is 1. The Morgan fingerprint density at radius 2 is 2.06 bits per heavy atom. The van der Waals surface area contributed by atoms with Crippen LogP contribution < -0.4 is 16.6 Å². The van der Waals surface area contributed by atoms with Gasteiger partial charge in [-0.05, 0) is 24.4 Å². The summed E-state index contributed by atoms with van der Waals surface area (Å²) in [4.78, 5) is 23.9. The Kier molecular flexibility index (Phi) is 3.06. The summed E-state index contributed by atoms with van der Waals surface area (Å²) >= 11 is 0. The zero-order valence-electron chi connectivity index (χ0n) is 10.3. The molecule has 3 N–H and O–H groups in total. The lowest BCUT2D eigenvalue weighted by molar-refractivity contribution is -0.123. The van der Waals surface area contributed by atoms with Crippen molar-refractivity contribution in [2.24, 2.45) is 0 Å². The van der Waals surface area contributed by atoms with E-state index in [4.69, 9.17) is 5.73 Å². The maximum absolute atomic E-state index is 12.3. The first-order valence-corrected chi connectivity index (χ1v) is 5.67. The highest BCUT2D eigenvalue weighted by Crippen LogP contribution is 2.16. The van der Waals surface area contributed by atoms with Gasteiger partial charge in [-0.1, -0.05) is 18.2 Å². The Bertz CT molecular complexity index is 661. The quantitative estimate of drug-likeness (QED) is 0.825. The lowest BCUT2D eigenvalue weighted by atomic mass is 10.1. The van der Waals surface area contributed by atoms with E-state index in [1.807, 2.05) is 12.1 Å². The number of anilines is 1. The van der Waals surface area contributed by atoms with Crippen LogP contribution in [0.25, 0.3) is 10.8 Å². The first-order chi connectivity index (χ1) is 8.56. The highest BCUT2D eigenvalue weighted by molar-refractivity contribution is 5.85. The van der Waals surface area contributed by atoms with Gasteiger partial charge in [0.2, 0.25) is 5.91 Å². The molecule has 1 aromatic carbocycles. The number of carbonyl (C=O) groups is 1. The van der Waals surface area contributed by atoms with Gasteiger partial charge in [-0.2, -0.15) is 0 Å². The van der Waals surface area contributed by atoms with Gasteiger partial charge in [-0.15, -0.1) is 0 Å². The van der Waals surface area contributed by atoms with E-state index in [1.165, 1.54) is 11.6 Å². The van der Waals surface area contributed by atoms with Gasteiger partial charge in [-0.25, -0.2) is 0 Å². The predicted molar refractivity (Wildman–Crippen MR) is 71.4 cm³/mol. The van der Waals surface area contributed by atoms with E-state index in [-0.39, 0.29) is 17.3 Å². The number of nitrogen functional groups attached to an aromatic ring is 1. The molecular weight excluding hydrogens is 230 g/mol. The van der Waals surface area contributed by atoms with Gasteiger partial charge >= 0.3 is 0 Å². The van der Waals surface area contributed by atoms with Crippen LogP contribution in [0, 0.1) is 0 Å². The molecule has 1 unspecified atom stereocenters. The van der Waals surface area contributed by atoms with Crippen LogP contribution >= 0.6 is 0 Å². The molecule has 0 fully saturated rings. The zero-order chi connectivity index (χ0) is 13.3. The second kappa shape index (κ2) is 4.52. The molecular formula is C13H15N3O2. The number of nitrogens with zero attached hydrogens (tertiary/aromatic N) is 1. The molecule has 0 aliphatic heterocycles. The van der Waals surface area contributed by atoms with Crippen molar-refractivity contribution in [1.29, 1.82) is 0 Å². The van der Waals surface area contributed by atoms with Crippen LogP contribution in [0.15, 0.2) is 35.1 Å². The second-order valence-electron chi connectivity index (χ2n) is 4.12. The number of carbonyl (C=O) groups excluding carboxylic acids is 1. The molecule has 1 amide bonds. The van der Waals surface area contributed by atoms with Gasteiger partial charge in [-0.3, -0.25) is 14.2 Å². The van der Waals surface area contributed by atoms with E-state index in [0.29, 0.717) is 5.39 Å². The minimum atomic E-state index is -0.632. The second-order valence-corrected chi connectivity index (χ2v) is 4.12. The van der Waals surface area contributed by atoms with Crippen LogP contribution in [0.5, 0.6) is 0 Å². The van der Waals surface area contributed by atoms with Crippen molar-refractivity contribution in [3.63, 3.8) is 0 Å². The first kappa shape index (κ1) is 12.2. The van der Waals surface area contributed by atoms with Crippen molar-refractivity contribution < 1.29 is 4.79 Å². The fraction of sp³-hybridized carbons (Fsp3) is 0.231. The highest BCUT2D eigenvalue weighted by Gasteiger charge is 2.18. The average Bonchev–Trinajstić information content (AvgIpc) is 2.37. The minimum Gasteiger partial charge on any atom is -0.385 e. The average molecular weight is 245 g/mol. The number of hydrogen-bond donors (Lipinski definition) is 2. The third-order valence-corrected chi connectivity index (χ3v) is 3.00. The Morgan fingerprint density at radius 1 is 1.39 bits per heavy atom. The third-order valence-electron chi connectivity index (χ3n) is 3.00. The lowest BCUT2D eigenvalue weighted by Gasteiger charge is -2.17. The zero-order valence-corrected chi connectivity index (χ0v) is 10.3. The summed E-state index contributed by atoms with van der Waals surface area (Å²) in [5.41, 5.74) is 5.62. The molecule has 0 spiro atoms. The summed E-state index contributed by atoms with van der Waals surface area (Å²) in [6.45, 7) is 1.64. The molecule has 94 valence electrons. The lowest BCUT2D eigenvalue weighted by Crippen LogP contribution is -2.35. The Labute approximate surface area is 104 Å². The number of pyridine rings is 1. The maximum atomic E-state index is 12.3. The number of fused-ring (bicyclic) bond motifs is 1. The highest BCUT2D eigenvalue weighted by atomic mass is 16.2. The van der Waals surface area contributed by atoms with Crippen molar-refractivity contribution in [1.82, 2.24) is 9.88 Å². The van der Waals surface area contributed by atoms with E-state index >= 15 is 0 Å². The number of amides is 1. The van der Waals surface area contributed by atoms with Gasteiger partial charge in [0, 0.05) is 12.4 Å². The van der Waals surface area contributed by atoms with Crippen LogP contribution in [-0.4, -0.2) is 17.5 Å². The normalized spacial score (nSPS) is 12.3. The smallest absolute Gasteiger partial charge is 0.260 e. The first-order valence-electron chi connectivity index (χ1n) is 5.67. The minimum absolute atomic E-state index is 0.248. The monoisotopic (exact) mass is 245 g/mol. The Balaban J connectivity index is 2.72. The molecule has 5 heteroatoms. The Morgan fingerprint density at radius 3 is 2.72 bits per heavy atom. The third kappa shape index (κ3) is 1.84. The van der Waals surface area contributed by atoms with E-state index in [0.717, 1.165) is 5.39 Å². The van der Waals surface area contributed by atoms with Crippen LogP contribution in [0.4, 0.5) is 5.82 Å². The maximum Gasteiger partial charge on any atom is 0.260 e. The molecule has 0 saturated carbocycles. The van der Waals surface area contributed by atoms with Crippen LogP contribution in [0.2, 0.25) is 0 Å². The molecule has 0 aliphatic rings. The number of nitrogens with two attached hydrogens (primary N) is 1. The molecule has 2 rings (SSSR count). The van der Waals surface area contributed by atoms with Gasteiger partial charge in [0.15, 0.2) is 0 Å². The molecule has 5 nitrogen and oxygen atoms in total. The number of hydrogen-bond acceptors (Lipinski definition) is 3. The molecule has 1 heterocycles. The van der Waals surface area contributed by atoms with Gasteiger partial charge in [0.1, 0.15) is 11.9 Å². The van der Waals surface area contributed by atoms with Crippen LogP contribution in [-0.2, 0) is 4.79 Å². The topological polar surface area (TPSA) is 77.1 Å². The van der Waals surface area contributed by atoms with Crippen LogP contribution in [0.1, 0.15) is 13.0 Å². The van der Waals surface area contributed by atoms with E-state index in [2.05, 4.69) is 5.32 Å². The summed E-state index contributed by atoms with van der Waals surface area (Å²) in [5.74, 6) is 0.0360. The molecule has 0 saturated heterocycles. The van der Waals surface area contributed by atoms with Crippen molar-refractivity contribution in [3.8, 4) is 0 Å².